The summed E-state index contributed by atoms with van der Waals surface area (Å²) >= 11 is 0. The van der Waals surface area contributed by atoms with Gasteiger partial charge in [0, 0.05) is 17.8 Å². The lowest BCUT2D eigenvalue weighted by atomic mass is 10.0. The van der Waals surface area contributed by atoms with Crippen molar-refractivity contribution in [2.45, 2.75) is 33.1 Å². The van der Waals surface area contributed by atoms with Gasteiger partial charge in [-0.15, -0.1) is 12.4 Å². The van der Waals surface area contributed by atoms with Gasteiger partial charge in [-0.3, -0.25) is 4.79 Å². The van der Waals surface area contributed by atoms with E-state index in [1.165, 1.54) is 6.07 Å². The fourth-order valence-electron chi connectivity index (χ4n) is 3.15. The molecule has 1 atom stereocenters. The van der Waals surface area contributed by atoms with Crippen LogP contribution in [0.15, 0.2) is 24.3 Å². The Morgan fingerprint density at radius 1 is 1.40 bits per heavy atom. The van der Waals surface area contributed by atoms with E-state index in [0.29, 0.717) is 23.7 Å². The summed E-state index contributed by atoms with van der Waals surface area (Å²) in [4.78, 5) is 12.0. The van der Waals surface area contributed by atoms with Crippen molar-refractivity contribution in [2.24, 2.45) is 5.92 Å². The zero-order valence-electron chi connectivity index (χ0n) is 14.5. The number of amides is 1. The minimum atomic E-state index is -0.404. The number of carbonyl (C=O) groups excluding carboxylic acids is 1. The Morgan fingerprint density at radius 3 is 2.80 bits per heavy atom. The lowest BCUT2D eigenvalue weighted by Crippen LogP contribution is -2.15. The van der Waals surface area contributed by atoms with Crippen molar-refractivity contribution >= 4 is 24.0 Å². The number of hydrogen-bond acceptors (Lipinski definition) is 3. The van der Waals surface area contributed by atoms with E-state index in [1.54, 1.807) is 16.8 Å². The van der Waals surface area contributed by atoms with Crippen molar-refractivity contribution in [1.82, 2.24) is 15.1 Å². The van der Waals surface area contributed by atoms with Crippen molar-refractivity contribution in [1.29, 1.82) is 0 Å². The highest BCUT2D eigenvalue weighted by Crippen LogP contribution is 2.21. The first-order chi connectivity index (χ1) is 11.5. The quantitative estimate of drug-likeness (QED) is 0.852. The van der Waals surface area contributed by atoms with E-state index in [1.807, 2.05) is 19.9 Å². The molecule has 5 nitrogen and oxygen atoms in total. The molecule has 136 valence electrons. The van der Waals surface area contributed by atoms with Gasteiger partial charge in [0.1, 0.15) is 5.69 Å². The van der Waals surface area contributed by atoms with Crippen LogP contribution in [-0.4, -0.2) is 28.8 Å². The number of carbonyl (C=O) groups is 1. The first-order valence-corrected chi connectivity index (χ1v) is 8.36. The van der Waals surface area contributed by atoms with E-state index in [-0.39, 0.29) is 18.3 Å². The lowest BCUT2D eigenvalue weighted by Gasteiger charge is -2.11. The predicted octanol–water partition coefficient (Wildman–Crippen LogP) is 3.38. The average molecular weight is 367 g/mol. The number of nitrogens with one attached hydrogen (secondary N) is 2. The van der Waals surface area contributed by atoms with Crippen molar-refractivity contribution in [3.63, 3.8) is 0 Å². The highest BCUT2D eigenvalue weighted by Gasteiger charge is 2.16. The number of rotatable bonds is 5. The van der Waals surface area contributed by atoms with Crippen LogP contribution in [0.4, 0.5) is 10.1 Å². The fraction of sp³-hybridized carbons (Fsp3) is 0.444. The van der Waals surface area contributed by atoms with Gasteiger partial charge >= 0.3 is 0 Å². The van der Waals surface area contributed by atoms with E-state index in [4.69, 9.17) is 0 Å². The second-order valence-electron chi connectivity index (χ2n) is 6.45. The van der Waals surface area contributed by atoms with Crippen molar-refractivity contribution < 1.29 is 9.18 Å². The highest BCUT2D eigenvalue weighted by molar-refractivity contribution is 5.90. The minimum absolute atomic E-state index is 0. The Kier molecular flexibility index (Phi) is 6.56. The maximum atomic E-state index is 14.4. The Bertz CT molecular complexity index is 741. The number of anilines is 1. The van der Waals surface area contributed by atoms with Crippen molar-refractivity contribution in [2.75, 3.05) is 18.4 Å². The van der Waals surface area contributed by atoms with Gasteiger partial charge in [0.25, 0.3) is 0 Å². The summed E-state index contributed by atoms with van der Waals surface area (Å²) in [6.45, 7) is 5.77. The summed E-state index contributed by atoms with van der Waals surface area (Å²) in [6, 6.07) is 6.60. The summed E-state index contributed by atoms with van der Waals surface area (Å²) in [7, 11) is 0. The standard InChI is InChI=1S/C18H23FN4O.ClH/c1-12-9-13(2)23(22-12)17-5-4-15(10-16(17)19)21-18(24)6-3-14-7-8-20-11-14;/h4-5,9-10,14,20H,3,6-8,11H2,1-2H3,(H,21,24);1H. The topological polar surface area (TPSA) is 59.0 Å². The third kappa shape index (κ3) is 4.80. The third-order valence-electron chi connectivity index (χ3n) is 4.41. The van der Waals surface area contributed by atoms with Gasteiger partial charge in [-0.05, 0) is 70.0 Å². The first-order valence-electron chi connectivity index (χ1n) is 8.36. The van der Waals surface area contributed by atoms with Gasteiger partial charge in [-0.25, -0.2) is 9.07 Å². The molecule has 0 aliphatic carbocycles. The van der Waals surface area contributed by atoms with Crippen LogP contribution in [0.1, 0.15) is 30.7 Å². The van der Waals surface area contributed by atoms with Crippen LogP contribution in [-0.2, 0) is 4.79 Å². The second-order valence-corrected chi connectivity index (χ2v) is 6.45. The molecule has 2 heterocycles. The van der Waals surface area contributed by atoms with Crippen molar-refractivity contribution in [3.8, 4) is 5.69 Å². The molecule has 1 saturated heterocycles. The third-order valence-corrected chi connectivity index (χ3v) is 4.41. The zero-order chi connectivity index (χ0) is 17.1. The molecule has 1 aromatic carbocycles. The molecule has 2 aromatic rings. The molecule has 1 aliphatic rings. The van der Waals surface area contributed by atoms with Gasteiger partial charge in [0.15, 0.2) is 5.82 Å². The van der Waals surface area contributed by atoms with E-state index < -0.39 is 5.82 Å². The van der Waals surface area contributed by atoms with Crippen LogP contribution in [0.25, 0.3) is 5.69 Å². The summed E-state index contributed by atoms with van der Waals surface area (Å²) in [5, 5.41) is 10.4. The Morgan fingerprint density at radius 2 is 2.20 bits per heavy atom. The molecular formula is C18H24ClFN4O. The summed E-state index contributed by atoms with van der Waals surface area (Å²) in [6.07, 6.45) is 2.46. The molecular weight excluding hydrogens is 343 g/mol. The number of aromatic nitrogens is 2. The molecule has 25 heavy (non-hydrogen) atoms. The number of benzene rings is 1. The number of nitrogens with zero attached hydrogens (tertiary/aromatic N) is 2. The Labute approximate surface area is 153 Å². The lowest BCUT2D eigenvalue weighted by molar-refractivity contribution is -0.116. The molecule has 7 heteroatoms. The normalized spacial score (nSPS) is 16.5. The van der Waals surface area contributed by atoms with Gasteiger partial charge in [0.05, 0.1) is 5.69 Å². The Balaban J connectivity index is 0.00000225. The maximum absolute atomic E-state index is 14.4. The maximum Gasteiger partial charge on any atom is 0.224 e. The largest absolute Gasteiger partial charge is 0.326 e. The number of halogens is 2. The van der Waals surface area contributed by atoms with Crippen LogP contribution < -0.4 is 10.6 Å². The van der Waals surface area contributed by atoms with Crippen LogP contribution in [0.2, 0.25) is 0 Å². The molecule has 1 fully saturated rings. The van der Waals surface area contributed by atoms with Crippen LogP contribution in [0, 0.1) is 25.6 Å². The van der Waals surface area contributed by atoms with Gasteiger partial charge in [-0.2, -0.15) is 5.10 Å². The summed E-state index contributed by atoms with van der Waals surface area (Å²) in [5.41, 5.74) is 2.57. The molecule has 3 rings (SSSR count). The van der Waals surface area contributed by atoms with E-state index >= 15 is 0 Å². The molecule has 0 radical (unpaired) electrons. The van der Waals surface area contributed by atoms with E-state index in [2.05, 4.69) is 15.7 Å². The van der Waals surface area contributed by atoms with Crippen LogP contribution in [0.3, 0.4) is 0 Å². The minimum Gasteiger partial charge on any atom is -0.326 e. The molecule has 0 saturated carbocycles. The molecule has 1 amide bonds. The smallest absolute Gasteiger partial charge is 0.224 e. The summed E-state index contributed by atoms with van der Waals surface area (Å²) in [5.74, 6) is 0.0973. The highest BCUT2D eigenvalue weighted by atomic mass is 35.5. The fourth-order valence-corrected chi connectivity index (χ4v) is 3.15. The molecule has 1 aliphatic heterocycles. The summed E-state index contributed by atoms with van der Waals surface area (Å²) < 4.78 is 16.0. The van der Waals surface area contributed by atoms with Gasteiger partial charge in [-0.1, -0.05) is 0 Å². The molecule has 2 N–H and O–H groups in total. The molecule has 0 bridgehead atoms. The van der Waals surface area contributed by atoms with E-state index in [0.717, 1.165) is 37.3 Å². The first kappa shape index (κ1) is 19.4. The monoisotopic (exact) mass is 366 g/mol. The van der Waals surface area contributed by atoms with Crippen LogP contribution in [0.5, 0.6) is 0 Å². The zero-order valence-corrected chi connectivity index (χ0v) is 15.3. The van der Waals surface area contributed by atoms with Crippen molar-refractivity contribution in [3.05, 3.63) is 41.5 Å². The van der Waals surface area contributed by atoms with E-state index in [9.17, 15) is 9.18 Å². The SMILES string of the molecule is Cc1cc(C)n(-c2ccc(NC(=O)CCC3CCNC3)cc2F)n1.Cl. The van der Waals surface area contributed by atoms with Gasteiger partial charge < -0.3 is 10.6 Å². The van der Waals surface area contributed by atoms with Gasteiger partial charge in [0.2, 0.25) is 5.91 Å². The number of hydrogen-bond donors (Lipinski definition) is 2. The molecule has 1 aromatic heterocycles. The molecule has 0 spiro atoms. The Hall–Kier alpha value is -1.92. The van der Waals surface area contributed by atoms with Crippen LogP contribution >= 0.6 is 12.4 Å². The number of aryl methyl sites for hydroxylation is 2. The molecule has 1 unspecified atom stereocenters. The predicted molar refractivity (Wildman–Crippen MR) is 99.1 cm³/mol. The average Bonchev–Trinajstić information content (AvgIpc) is 3.15. The second kappa shape index (κ2) is 8.45.